The van der Waals surface area contributed by atoms with Crippen LogP contribution in [0.1, 0.15) is 16.9 Å². The molecule has 2 heterocycles. The van der Waals surface area contributed by atoms with Gasteiger partial charge in [-0.3, -0.25) is 0 Å². The van der Waals surface area contributed by atoms with Crippen molar-refractivity contribution in [2.45, 2.75) is 13.0 Å². The number of hydrogen-bond acceptors (Lipinski definition) is 3. The molecule has 0 aliphatic carbocycles. The predicted molar refractivity (Wildman–Crippen MR) is 73.3 cm³/mol. The summed E-state index contributed by atoms with van der Waals surface area (Å²) < 4.78 is 5.72. The first-order chi connectivity index (χ1) is 9.16. The van der Waals surface area contributed by atoms with Gasteiger partial charge in [0, 0.05) is 28.6 Å². The van der Waals surface area contributed by atoms with Gasteiger partial charge in [-0.1, -0.05) is 11.6 Å². The highest BCUT2D eigenvalue weighted by Gasteiger charge is 2.20. The summed E-state index contributed by atoms with van der Waals surface area (Å²) in [4.78, 5) is 10.6. The fourth-order valence-corrected chi connectivity index (χ4v) is 2.70. The van der Waals surface area contributed by atoms with Crippen LogP contribution in [-0.4, -0.2) is 17.6 Å². The number of carboxylic acid groups (broad SMARTS) is 1. The first kappa shape index (κ1) is 12.3. The smallest absolute Gasteiger partial charge is 0.328 e. The molecule has 0 unspecified atom stereocenters. The summed E-state index contributed by atoms with van der Waals surface area (Å²) in [7, 11) is 0. The lowest BCUT2D eigenvalue weighted by Gasteiger charge is -2.02. The van der Waals surface area contributed by atoms with Crippen LogP contribution in [0.5, 0.6) is 0 Å². The van der Waals surface area contributed by atoms with Crippen molar-refractivity contribution in [3.63, 3.8) is 0 Å². The number of carbonyl (C=O) groups is 1. The Hall–Kier alpha value is -1.78. The molecule has 19 heavy (non-hydrogen) atoms. The maximum atomic E-state index is 10.6. The molecule has 1 aliphatic heterocycles. The molecule has 98 valence electrons. The van der Waals surface area contributed by atoms with Gasteiger partial charge in [-0.25, -0.2) is 4.79 Å². The van der Waals surface area contributed by atoms with E-state index in [4.69, 9.17) is 21.1 Å². The van der Waals surface area contributed by atoms with Crippen LogP contribution in [-0.2, 0) is 17.8 Å². The van der Waals surface area contributed by atoms with Gasteiger partial charge in [-0.05, 0) is 36.7 Å². The van der Waals surface area contributed by atoms with Gasteiger partial charge in [0.15, 0.2) is 0 Å². The van der Waals surface area contributed by atoms with E-state index in [1.54, 1.807) is 0 Å². The predicted octanol–water partition coefficient (Wildman–Crippen LogP) is 2.83. The minimum absolute atomic E-state index is 0.579. The molecule has 1 aliphatic rings. The molecule has 0 saturated heterocycles. The molecular formula is C14H12ClNO3. The zero-order valence-corrected chi connectivity index (χ0v) is 10.8. The Bertz CT molecular complexity index is 688. The number of furan rings is 1. The maximum absolute atomic E-state index is 10.6. The molecule has 5 heteroatoms. The number of nitrogens with one attached hydrogen (secondary N) is 1. The first-order valence-corrected chi connectivity index (χ1v) is 6.39. The summed E-state index contributed by atoms with van der Waals surface area (Å²) in [6.45, 7) is 1.50. The summed E-state index contributed by atoms with van der Waals surface area (Å²) >= 11 is 6.24. The Labute approximate surface area is 114 Å². The normalized spacial score (nSPS) is 15.0. The fourth-order valence-electron chi connectivity index (χ4n) is 2.45. The molecule has 0 radical (unpaired) electrons. The molecule has 0 bridgehead atoms. The number of rotatable bonds is 2. The van der Waals surface area contributed by atoms with Gasteiger partial charge in [-0.2, -0.15) is 0 Å². The summed E-state index contributed by atoms with van der Waals surface area (Å²) in [5, 5.41) is 13.8. The summed E-state index contributed by atoms with van der Waals surface area (Å²) in [6, 6.07) is 3.65. The minimum atomic E-state index is -0.993. The van der Waals surface area contributed by atoms with Crippen LogP contribution in [0.15, 0.2) is 22.6 Å². The Balaban J connectivity index is 2.25. The monoisotopic (exact) mass is 277 g/mol. The zero-order valence-electron chi connectivity index (χ0n) is 10.1. The first-order valence-electron chi connectivity index (χ1n) is 6.01. The van der Waals surface area contributed by atoms with Crippen LogP contribution in [0.4, 0.5) is 0 Å². The quantitative estimate of drug-likeness (QED) is 0.829. The van der Waals surface area contributed by atoms with Gasteiger partial charge in [0.1, 0.15) is 11.3 Å². The molecular weight excluding hydrogens is 266 g/mol. The topological polar surface area (TPSA) is 62.5 Å². The van der Waals surface area contributed by atoms with E-state index in [2.05, 4.69) is 5.32 Å². The summed E-state index contributed by atoms with van der Waals surface area (Å²) in [6.07, 6.45) is 3.41. The Morgan fingerprint density at radius 1 is 1.42 bits per heavy atom. The summed E-state index contributed by atoms with van der Waals surface area (Å²) in [5.41, 5.74) is 2.79. The fraction of sp³-hybridized carbons (Fsp3) is 0.214. The van der Waals surface area contributed by atoms with E-state index in [0.29, 0.717) is 12.3 Å². The number of aliphatic carboxylic acids is 1. The van der Waals surface area contributed by atoms with E-state index in [9.17, 15) is 4.79 Å². The van der Waals surface area contributed by atoms with Crippen LogP contribution in [0.2, 0.25) is 5.02 Å². The van der Waals surface area contributed by atoms with Crippen molar-refractivity contribution in [3.05, 3.63) is 40.1 Å². The Kier molecular flexibility index (Phi) is 3.05. The summed E-state index contributed by atoms with van der Waals surface area (Å²) in [5.74, 6) is -0.414. The van der Waals surface area contributed by atoms with Crippen LogP contribution >= 0.6 is 11.6 Å². The van der Waals surface area contributed by atoms with Crippen molar-refractivity contribution in [2.24, 2.45) is 0 Å². The van der Waals surface area contributed by atoms with Crippen molar-refractivity contribution < 1.29 is 14.3 Å². The highest BCUT2D eigenvalue weighted by molar-refractivity contribution is 6.32. The van der Waals surface area contributed by atoms with Crippen molar-refractivity contribution in [2.75, 3.05) is 6.54 Å². The van der Waals surface area contributed by atoms with Gasteiger partial charge < -0.3 is 14.8 Å². The van der Waals surface area contributed by atoms with E-state index in [0.717, 1.165) is 46.2 Å². The van der Waals surface area contributed by atoms with Crippen LogP contribution in [0.25, 0.3) is 17.0 Å². The van der Waals surface area contributed by atoms with Crippen LogP contribution in [0.3, 0.4) is 0 Å². The largest absolute Gasteiger partial charge is 0.478 e. The third kappa shape index (κ3) is 2.13. The lowest BCUT2D eigenvalue weighted by molar-refractivity contribution is -0.131. The molecule has 1 aromatic carbocycles. The van der Waals surface area contributed by atoms with Gasteiger partial charge in [0.05, 0.1) is 0 Å². The van der Waals surface area contributed by atoms with E-state index >= 15 is 0 Å². The number of hydrogen-bond donors (Lipinski definition) is 2. The van der Waals surface area contributed by atoms with Crippen LogP contribution < -0.4 is 5.32 Å². The molecule has 4 nitrogen and oxygen atoms in total. The SMILES string of the molecule is O=C(O)/C=C/c1oc2ccc(Cl)c3c2c1CNCC3. The lowest BCUT2D eigenvalue weighted by Crippen LogP contribution is -2.14. The maximum Gasteiger partial charge on any atom is 0.328 e. The molecule has 0 saturated carbocycles. The van der Waals surface area contributed by atoms with Gasteiger partial charge in [0.2, 0.25) is 0 Å². The Morgan fingerprint density at radius 3 is 3.05 bits per heavy atom. The molecule has 2 N–H and O–H groups in total. The zero-order chi connectivity index (χ0) is 13.4. The molecule has 1 aromatic heterocycles. The molecule has 0 atom stereocenters. The minimum Gasteiger partial charge on any atom is -0.478 e. The molecule has 0 spiro atoms. The average Bonchev–Trinajstić information content (AvgIpc) is 2.57. The van der Waals surface area contributed by atoms with E-state index in [1.807, 2.05) is 12.1 Å². The van der Waals surface area contributed by atoms with Gasteiger partial charge in [0.25, 0.3) is 0 Å². The van der Waals surface area contributed by atoms with Crippen molar-refractivity contribution >= 4 is 34.6 Å². The lowest BCUT2D eigenvalue weighted by atomic mass is 10.0. The van der Waals surface area contributed by atoms with Crippen molar-refractivity contribution in [1.82, 2.24) is 5.32 Å². The highest BCUT2D eigenvalue weighted by atomic mass is 35.5. The molecule has 3 rings (SSSR count). The Morgan fingerprint density at radius 2 is 2.26 bits per heavy atom. The van der Waals surface area contributed by atoms with E-state index in [-0.39, 0.29) is 0 Å². The van der Waals surface area contributed by atoms with Crippen LogP contribution in [0, 0.1) is 0 Å². The molecule has 0 fully saturated rings. The third-order valence-corrected chi connectivity index (χ3v) is 3.62. The third-order valence-electron chi connectivity index (χ3n) is 3.27. The second-order valence-corrected chi connectivity index (χ2v) is 4.85. The number of carboxylic acids is 1. The standard InChI is InChI=1S/C14H12ClNO3/c15-10-1-2-12-14-8(10)5-6-16-7-9(14)11(19-12)3-4-13(17)18/h1-4,16H,5-7H2,(H,17,18)/b4-3+. The van der Waals surface area contributed by atoms with Gasteiger partial charge in [-0.15, -0.1) is 0 Å². The van der Waals surface area contributed by atoms with Crippen molar-refractivity contribution in [3.8, 4) is 0 Å². The van der Waals surface area contributed by atoms with E-state index in [1.165, 1.54) is 6.08 Å². The number of halogens is 1. The average molecular weight is 278 g/mol. The molecule has 2 aromatic rings. The van der Waals surface area contributed by atoms with E-state index < -0.39 is 5.97 Å². The van der Waals surface area contributed by atoms with Gasteiger partial charge >= 0.3 is 5.97 Å². The highest BCUT2D eigenvalue weighted by Crippen LogP contribution is 2.35. The molecule has 0 amide bonds. The van der Waals surface area contributed by atoms with Crippen molar-refractivity contribution in [1.29, 1.82) is 0 Å². The second kappa shape index (κ2) is 4.72. The second-order valence-electron chi connectivity index (χ2n) is 4.44. The number of benzene rings is 1.